The Bertz CT molecular complexity index is 1620. The molecule has 2 fully saturated rings. The van der Waals surface area contributed by atoms with Crippen LogP contribution in [0.25, 0.3) is 0 Å². The van der Waals surface area contributed by atoms with E-state index in [4.69, 9.17) is 37.5 Å². The minimum Gasteiger partial charge on any atom is -0.454 e. The predicted octanol–water partition coefficient (Wildman–Crippen LogP) is 5.61. The zero-order chi connectivity index (χ0) is 36.1. The first-order valence-electron chi connectivity index (χ1n) is 17.6. The van der Waals surface area contributed by atoms with Gasteiger partial charge >= 0.3 is 11.9 Å². The number of aliphatic hydroxyl groups is 2. The molecule has 0 bridgehead atoms. The minimum absolute atomic E-state index is 0.0466. The van der Waals surface area contributed by atoms with E-state index in [1.54, 1.807) is 25.2 Å². The fourth-order valence-corrected chi connectivity index (χ4v) is 9.28. The molecule has 1 saturated heterocycles. The first kappa shape index (κ1) is 37.1. The monoisotopic (exact) mass is 729 g/mol. The molecule has 2 aromatic carbocycles. The number of rotatable bonds is 9. The van der Waals surface area contributed by atoms with E-state index in [1.165, 1.54) is 17.6 Å². The van der Waals surface area contributed by atoms with Gasteiger partial charge in [-0.15, -0.1) is 0 Å². The predicted molar refractivity (Wildman–Crippen MR) is 191 cm³/mol. The summed E-state index contributed by atoms with van der Waals surface area (Å²) >= 11 is 12.6. The summed E-state index contributed by atoms with van der Waals surface area (Å²) in [5, 5.41) is 30.5. The Hall–Kier alpha value is -2.70. The highest BCUT2D eigenvalue weighted by Crippen LogP contribution is 2.53. The SMILES string of the molecule is CCN(Cc1ccc(Cl)cc1)CC(C)[C@@H]1CC[C@@H](C)[C@@]2(O)[C@@H]1C=C(C)[C@@H](OC(C)=O)[C@@H]2OC(=O)[C@@H]1C[C@@]2(O)c3cccc(Cl)c3N(C)O[C@H]2N1. The molecule has 2 aliphatic carbocycles. The van der Waals surface area contributed by atoms with Gasteiger partial charge in [0.25, 0.3) is 0 Å². The molecule has 6 rings (SSSR count). The molecule has 4 aliphatic rings. The first-order chi connectivity index (χ1) is 23.7. The van der Waals surface area contributed by atoms with Crippen LogP contribution in [-0.2, 0) is 36.0 Å². The van der Waals surface area contributed by atoms with Gasteiger partial charge in [-0.1, -0.05) is 74.3 Å². The quantitative estimate of drug-likeness (QED) is 0.222. The van der Waals surface area contributed by atoms with E-state index in [1.807, 2.05) is 44.2 Å². The van der Waals surface area contributed by atoms with E-state index >= 15 is 0 Å². The lowest BCUT2D eigenvalue weighted by Crippen LogP contribution is -2.66. The molecule has 0 spiro atoms. The summed E-state index contributed by atoms with van der Waals surface area (Å²) in [5.41, 5.74) is -0.116. The average molecular weight is 731 g/mol. The van der Waals surface area contributed by atoms with Gasteiger partial charge in [-0.2, -0.15) is 0 Å². The molecule has 2 aliphatic heterocycles. The number of carbonyl (C=O) groups is 2. The Balaban J connectivity index is 1.26. The van der Waals surface area contributed by atoms with Gasteiger partial charge in [0.1, 0.15) is 17.2 Å². The van der Waals surface area contributed by atoms with Crippen LogP contribution in [-0.4, -0.2) is 77.3 Å². The summed E-state index contributed by atoms with van der Waals surface area (Å²) in [5.74, 6) is -1.57. The highest BCUT2D eigenvalue weighted by molar-refractivity contribution is 6.33. The van der Waals surface area contributed by atoms with Crippen molar-refractivity contribution < 1.29 is 34.1 Å². The highest BCUT2D eigenvalue weighted by atomic mass is 35.5. The maximum atomic E-state index is 14.1. The highest BCUT2D eigenvalue weighted by Gasteiger charge is 2.62. The molecule has 1 unspecified atom stereocenters. The Morgan fingerprint density at radius 3 is 2.54 bits per heavy atom. The molecular weight excluding hydrogens is 681 g/mol. The number of esters is 2. The number of nitrogens with zero attached hydrogens (tertiary/aromatic N) is 2. The summed E-state index contributed by atoms with van der Waals surface area (Å²) in [7, 11) is 1.69. The second-order valence-corrected chi connectivity index (χ2v) is 15.6. The third-order valence-electron chi connectivity index (χ3n) is 11.5. The number of fused-ring (bicyclic) bond motifs is 4. The van der Waals surface area contributed by atoms with Gasteiger partial charge in [0.05, 0.1) is 10.7 Å². The maximum absolute atomic E-state index is 14.1. The van der Waals surface area contributed by atoms with Crippen LogP contribution in [0, 0.1) is 23.7 Å². The maximum Gasteiger partial charge on any atom is 0.323 e. The number of hydrogen-bond acceptors (Lipinski definition) is 10. The second-order valence-electron chi connectivity index (χ2n) is 14.8. The van der Waals surface area contributed by atoms with Crippen LogP contribution in [0.3, 0.4) is 0 Å². The van der Waals surface area contributed by atoms with Crippen LogP contribution < -0.4 is 10.4 Å². The van der Waals surface area contributed by atoms with Gasteiger partial charge in [-0.25, -0.2) is 0 Å². The van der Waals surface area contributed by atoms with Gasteiger partial charge in [0.15, 0.2) is 18.4 Å². The van der Waals surface area contributed by atoms with E-state index in [0.29, 0.717) is 27.7 Å². The van der Waals surface area contributed by atoms with Gasteiger partial charge in [0.2, 0.25) is 0 Å². The van der Waals surface area contributed by atoms with Crippen molar-refractivity contribution in [2.75, 3.05) is 25.2 Å². The third kappa shape index (κ3) is 6.69. The third-order valence-corrected chi connectivity index (χ3v) is 12.1. The molecule has 2 heterocycles. The number of para-hydroxylation sites is 1. The Kier molecular flexibility index (Phi) is 10.7. The lowest BCUT2D eigenvalue weighted by atomic mass is 9.55. The van der Waals surface area contributed by atoms with Crippen molar-refractivity contribution in [1.29, 1.82) is 0 Å². The summed E-state index contributed by atoms with van der Waals surface area (Å²) in [4.78, 5) is 34.9. The summed E-state index contributed by atoms with van der Waals surface area (Å²) in [6.07, 6.45) is 0.508. The summed E-state index contributed by atoms with van der Waals surface area (Å²) in [6.45, 7) is 12.0. The number of halogens is 2. The summed E-state index contributed by atoms with van der Waals surface area (Å²) < 4.78 is 12.1. The molecule has 0 aromatic heterocycles. The van der Waals surface area contributed by atoms with Crippen molar-refractivity contribution >= 4 is 40.8 Å². The molecule has 50 heavy (non-hydrogen) atoms. The van der Waals surface area contributed by atoms with Gasteiger partial charge in [0, 0.05) is 50.0 Å². The topological polar surface area (TPSA) is 121 Å². The molecular formula is C38H49Cl2N3O7. The van der Waals surface area contributed by atoms with Gasteiger partial charge in [-0.3, -0.25) is 29.7 Å². The number of hydroxylamine groups is 1. The number of nitrogens with one attached hydrogen (secondary N) is 1. The number of benzene rings is 2. The van der Waals surface area contributed by atoms with Crippen LogP contribution in [0.4, 0.5) is 5.69 Å². The molecule has 10 nitrogen and oxygen atoms in total. The molecule has 0 amide bonds. The largest absolute Gasteiger partial charge is 0.454 e. The van der Waals surface area contributed by atoms with Crippen LogP contribution in [0.2, 0.25) is 10.0 Å². The lowest BCUT2D eigenvalue weighted by Gasteiger charge is -2.56. The van der Waals surface area contributed by atoms with Crippen molar-refractivity contribution in [1.82, 2.24) is 10.2 Å². The van der Waals surface area contributed by atoms with Crippen molar-refractivity contribution in [3.63, 3.8) is 0 Å². The van der Waals surface area contributed by atoms with Crippen LogP contribution in [0.1, 0.15) is 65.0 Å². The zero-order valence-electron chi connectivity index (χ0n) is 29.6. The molecule has 3 N–H and O–H groups in total. The average Bonchev–Trinajstić information content (AvgIpc) is 3.42. The minimum atomic E-state index is -1.57. The standard InChI is InChI=1S/C38H49Cl2N3O7/c1-7-43(20-25-12-14-26(39)15-13-25)19-22(3)27-16-11-23(4)38(47)29(27)17-21(2)33(48-24(5)44)34(38)49-35(45)31-18-37(46)28-9-8-10-30(40)32(28)42(6)50-36(37)41-31/h8-10,12-15,17,22-23,27,29,31,33-34,36,41,46-47H,7,11,16,18-20H2,1-6H3/t22?,23-,27+,29-,31+,33-,34+,36-,37-,38-/m1/s1. The normalized spacial score (nSPS) is 33.9. The molecule has 10 atom stereocenters. The summed E-state index contributed by atoms with van der Waals surface area (Å²) in [6, 6.07) is 12.1. The lowest BCUT2D eigenvalue weighted by molar-refractivity contribution is -0.225. The van der Waals surface area contributed by atoms with Crippen molar-refractivity contribution in [2.24, 2.45) is 23.7 Å². The second kappa shape index (κ2) is 14.4. The van der Waals surface area contributed by atoms with Crippen molar-refractivity contribution in [2.45, 2.75) is 96.1 Å². The van der Waals surface area contributed by atoms with E-state index in [0.717, 1.165) is 31.6 Å². The number of hydrogen-bond donors (Lipinski definition) is 3. The van der Waals surface area contributed by atoms with Crippen LogP contribution in [0.15, 0.2) is 54.1 Å². The van der Waals surface area contributed by atoms with Gasteiger partial charge in [-0.05, 0) is 73.4 Å². The molecule has 2 aromatic rings. The van der Waals surface area contributed by atoms with Crippen LogP contribution >= 0.6 is 23.2 Å². The van der Waals surface area contributed by atoms with E-state index in [-0.39, 0.29) is 30.1 Å². The first-order valence-corrected chi connectivity index (χ1v) is 18.4. The molecule has 272 valence electrons. The Labute approximate surface area is 304 Å². The van der Waals surface area contributed by atoms with E-state index in [9.17, 15) is 19.8 Å². The Morgan fingerprint density at radius 1 is 1.14 bits per heavy atom. The van der Waals surface area contributed by atoms with Crippen molar-refractivity contribution in [3.8, 4) is 0 Å². The number of carbonyl (C=O) groups excluding carboxylic acids is 2. The van der Waals surface area contributed by atoms with Gasteiger partial charge < -0.3 is 19.7 Å². The van der Waals surface area contributed by atoms with Crippen molar-refractivity contribution in [3.05, 3.63) is 75.3 Å². The molecule has 0 radical (unpaired) electrons. The number of ether oxygens (including phenoxy) is 2. The number of anilines is 1. The van der Waals surface area contributed by atoms with E-state index < -0.39 is 47.6 Å². The zero-order valence-corrected chi connectivity index (χ0v) is 31.1. The van der Waals surface area contributed by atoms with Crippen LogP contribution in [0.5, 0.6) is 0 Å². The van der Waals surface area contributed by atoms with E-state index in [2.05, 4.69) is 24.1 Å². The molecule has 1 saturated carbocycles. The fourth-order valence-electron chi connectivity index (χ4n) is 8.86. The Morgan fingerprint density at radius 2 is 1.86 bits per heavy atom. The smallest absolute Gasteiger partial charge is 0.323 e. The molecule has 12 heteroatoms. The fraction of sp³-hybridized carbons (Fsp3) is 0.579.